The van der Waals surface area contributed by atoms with Crippen molar-refractivity contribution in [3.05, 3.63) is 125 Å². The van der Waals surface area contributed by atoms with E-state index in [0.29, 0.717) is 11.3 Å². The van der Waals surface area contributed by atoms with Crippen LogP contribution in [0.15, 0.2) is 102 Å². The van der Waals surface area contributed by atoms with Gasteiger partial charge in [0, 0.05) is 28.7 Å². The molecule has 4 aromatic rings. The van der Waals surface area contributed by atoms with E-state index in [4.69, 9.17) is 0 Å². The lowest BCUT2D eigenvalue weighted by Crippen LogP contribution is -2.13. The zero-order valence-corrected chi connectivity index (χ0v) is 17.6. The molecule has 0 saturated heterocycles. The fraction of sp³-hybridized carbons (Fsp3) is 0.0769. The SMILES string of the molecule is O=C(Nc1ccc(Cc2ccncc2)cc1)c1ccccc1SCc1ccc(F)cc1. The lowest BCUT2D eigenvalue weighted by atomic mass is 10.1. The van der Waals surface area contributed by atoms with E-state index in [9.17, 15) is 9.18 Å². The highest BCUT2D eigenvalue weighted by atomic mass is 32.2. The maximum Gasteiger partial charge on any atom is 0.256 e. The Labute approximate surface area is 185 Å². The number of hydrogen-bond acceptors (Lipinski definition) is 3. The number of aromatic nitrogens is 1. The van der Waals surface area contributed by atoms with Crippen molar-refractivity contribution < 1.29 is 9.18 Å². The van der Waals surface area contributed by atoms with Gasteiger partial charge in [0.15, 0.2) is 0 Å². The summed E-state index contributed by atoms with van der Waals surface area (Å²) >= 11 is 1.56. The van der Waals surface area contributed by atoms with Crippen LogP contribution in [0.1, 0.15) is 27.0 Å². The number of amides is 1. The molecule has 0 aliphatic heterocycles. The Morgan fingerprint density at radius 3 is 2.19 bits per heavy atom. The number of nitrogens with one attached hydrogen (secondary N) is 1. The Morgan fingerprint density at radius 1 is 0.806 bits per heavy atom. The van der Waals surface area contributed by atoms with Crippen LogP contribution in [0.25, 0.3) is 0 Å². The van der Waals surface area contributed by atoms with Crippen LogP contribution in [0.3, 0.4) is 0 Å². The number of hydrogen-bond donors (Lipinski definition) is 1. The van der Waals surface area contributed by atoms with Crippen LogP contribution in [0.5, 0.6) is 0 Å². The van der Waals surface area contributed by atoms with E-state index in [1.54, 1.807) is 36.3 Å². The number of benzene rings is 3. The van der Waals surface area contributed by atoms with E-state index in [1.807, 2.05) is 60.7 Å². The predicted octanol–water partition coefficient (Wildman–Crippen LogP) is 6.36. The first kappa shape index (κ1) is 20.8. The highest BCUT2D eigenvalue weighted by molar-refractivity contribution is 7.98. The minimum atomic E-state index is -0.250. The molecule has 31 heavy (non-hydrogen) atoms. The summed E-state index contributed by atoms with van der Waals surface area (Å²) in [5.74, 6) is 0.262. The highest BCUT2D eigenvalue weighted by Crippen LogP contribution is 2.27. The Morgan fingerprint density at radius 2 is 1.45 bits per heavy atom. The summed E-state index contributed by atoms with van der Waals surface area (Å²) in [5, 5.41) is 2.98. The molecule has 1 aromatic heterocycles. The first-order valence-corrected chi connectivity index (χ1v) is 10.9. The molecule has 0 atom stereocenters. The molecule has 1 heterocycles. The largest absolute Gasteiger partial charge is 0.322 e. The van der Waals surface area contributed by atoms with Gasteiger partial charge in [0.2, 0.25) is 0 Å². The Kier molecular flexibility index (Phi) is 6.75. The lowest BCUT2D eigenvalue weighted by Gasteiger charge is -2.11. The molecule has 0 aliphatic carbocycles. The number of carbonyl (C=O) groups excluding carboxylic acids is 1. The van der Waals surface area contributed by atoms with Gasteiger partial charge in [-0.15, -0.1) is 11.8 Å². The number of nitrogens with zero attached hydrogens (tertiary/aromatic N) is 1. The summed E-state index contributed by atoms with van der Waals surface area (Å²) in [4.78, 5) is 17.8. The molecule has 1 N–H and O–H groups in total. The molecule has 0 spiro atoms. The number of carbonyl (C=O) groups is 1. The molecule has 0 unspecified atom stereocenters. The van der Waals surface area contributed by atoms with Crippen molar-refractivity contribution in [1.29, 1.82) is 0 Å². The van der Waals surface area contributed by atoms with Gasteiger partial charge in [-0.3, -0.25) is 9.78 Å². The van der Waals surface area contributed by atoms with Gasteiger partial charge in [0.1, 0.15) is 5.82 Å². The molecule has 0 radical (unpaired) electrons. The third-order valence-electron chi connectivity index (χ3n) is 4.81. The number of halogens is 1. The van der Waals surface area contributed by atoms with Gasteiger partial charge in [-0.05, 0) is 71.6 Å². The van der Waals surface area contributed by atoms with Crippen LogP contribution in [-0.2, 0) is 12.2 Å². The average Bonchev–Trinajstić information content (AvgIpc) is 2.81. The van der Waals surface area contributed by atoms with Gasteiger partial charge in [-0.1, -0.05) is 36.4 Å². The minimum Gasteiger partial charge on any atom is -0.322 e. The van der Waals surface area contributed by atoms with Crippen LogP contribution in [-0.4, -0.2) is 10.9 Å². The Hall–Kier alpha value is -3.44. The molecular weight excluding hydrogens is 407 g/mol. The van der Waals surface area contributed by atoms with Crippen LogP contribution in [0, 0.1) is 5.82 Å². The van der Waals surface area contributed by atoms with Gasteiger partial charge < -0.3 is 5.32 Å². The van der Waals surface area contributed by atoms with Crippen molar-refractivity contribution in [2.24, 2.45) is 0 Å². The second-order valence-electron chi connectivity index (χ2n) is 7.09. The van der Waals surface area contributed by atoms with E-state index >= 15 is 0 Å². The normalized spacial score (nSPS) is 10.6. The summed E-state index contributed by atoms with van der Waals surface area (Å²) in [6.07, 6.45) is 4.39. The smallest absolute Gasteiger partial charge is 0.256 e. The maximum absolute atomic E-state index is 13.1. The van der Waals surface area contributed by atoms with E-state index in [0.717, 1.165) is 22.6 Å². The third-order valence-corrected chi connectivity index (χ3v) is 5.95. The molecule has 4 rings (SSSR count). The average molecular weight is 429 g/mol. The molecule has 0 aliphatic rings. The zero-order chi connectivity index (χ0) is 21.5. The van der Waals surface area contributed by atoms with Gasteiger partial charge in [0.05, 0.1) is 5.56 Å². The van der Waals surface area contributed by atoms with Crippen molar-refractivity contribution in [3.8, 4) is 0 Å². The van der Waals surface area contributed by atoms with E-state index in [-0.39, 0.29) is 11.7 Å². The highest BCUT2D eigenvalue weighted by Gasteiger charge is 2.12. The number of anilines is 1. The third kappa shape index (κ3) is 5.80. The molecule has 0 saturated carbocycles. The topological polar surface area (TPSA) is 42.0 Å². The van der Waals surface area contributed by atoms with Gasteiger partial charge in [-0.25, -0.2) is 4.39 Å². The summed E-state index contributed by atoms with van der Waals surface area (Å²) in [6, 6.07) is 25.8. The predicted molar refractivity (Wildman–Crippen MR) is 124 cm³/mol. The molecular formula is C26H21FN2OS. The summed E-state index contributed by atoms with van der Waals surface area (Å²) in [5.41, 5.74) is 4.74. The van der Waals surface area contributed by atoms with Crippen LogP contribution in [0.4, 0.5) is 10.1 Å². The van der Waals surface area contributed by atoms with E-state index in [2.05, 4.69) is 10.3 Å². The van der Waals surface area contributed by atoms with Gasteiger partial charge in [-0.2, -0.15) is 0 Å². The summed E-state index contributed by atoms with van der Waals surface area (Å²) in [7, 11) is 0. The lowest BCUT2D eigenvalue weighted by molar-refractivity contribution is 0.102. The molecule has 1 amide bonds. The van der Waals surface area contributed by atoms with Crippen LogP contribution >= 0.6 is 11.8 Å². The molecule has 154 valence electrons. The Bertz CT molecular complexity index is 1150. The van der Waals surface area contributed by atoms with Crippen molar-refractivity contribution in [2.45, 2.75) is 17.1 Å². The van der Waals surface area contributed by atoms with E-state index < -0.39 is 0 Å². The Balaban J connectivity index is 1.41. The van der Waals surface area contributed by atoms with Crippen molar-refractivity contribution >= 4 is 23.4 Å². The van der Waals surface area contributed by atoms with Gasteiger partial charge >= 0.3 is 0 Å². The summed E-state index contributed by atoms with van der Waals surface area (Å²) < 4.78 is 13.1. The quantitative estimate of drug-likeness (QED) is 0.349. The van der Waals surface area contributed by atoms with Crippen LogP contribution in [0.2, 0.25) is 0 Å². The number of rotatable bonds is 7. The molecule has 3 aromatic carbocycles. The second-order valence-corrected chi connectivity index (χ2v) is 8.11. The van der Waals surface area contributed by atoms with E-state index in [1.165, 1.54) is 23.3 Å². The fourth-order valence-electron chi connectivity index (χ4n) is 3.16. The van der Waals surface area contributed by atoms with Crippen molar-refractivity contribution in [1.82, 2.24) is 4.98 Å². The molecule has 0 bridgehead atoms. The maximum atomic E-state index is 13.1. The van der Waals surface area contributed by atoms with Gasteiger partial charge in [0.25, 0.3) is 5.91 Å². The summed E-state index contributed by atoms with van der Waals surface area (Å²) in [6.45, 7) is 0. The van der Waals surface area contributed by atoms with Crippen LogP contribution < -0.4 is 5.32 Å². The first-order valence-electron chi connectivity index (χ1n) is 9.93. The fourth-order valence-corrected chi connectivity index (χ4v) is 4.17. The first-order chi connectivity index (χ1) is 15.2. The minimum absolute atomic E-state index is 0.149. The molecule has 0 fully saturated rings. The number of pyridine rings is 1. The molecule has 5 heteroatoms. The monoisotopic (exact) mass is 428 g/mol. The van der Waals surface area contributed by atoms with Crippen molar-refractivity contribution in [3.63, 3.8) is 0 Å². The molecule has 3 nitrogen and oxygen atoms in total. The zero-order valence-electron chi connectivity index (χ0n) is 16.8. The van der Waals surface area contributed by atoms with Crippen molar-refractivity contribution in [2.75, 3.05) is 5.32 Å². The number of thioether (sulfide) groups is 1. The second kappa shape index (κ2) is 10.0. The standard InChI is InChI=1S/C26H21FN2OS/c27-22-9-5-21(6-10-22)18-31-25-4-2-1-3-24(25)26(30)29-23-11-7-19(8-12-23)17-20-13-15-28-16-14-20/h1-16H,17-18H2,(H,29,30).